The molecule has 1 aromatic rings. The number of rotatable bonds is 0. The summed E-state index contributed by atoms with van der Waals surface area (Å²) in [5.41, 5.74) is 6.62. The second kappa shape index (κ2) is 2.41. The van der Waals surface area contributed by atoms with Gasteiger partial charge in [-0.25, -0.2) is 4.98 Å². The van der Waals surface area contributed by atoms with E-state index in [1.54, 1.807) is 12.3 Å². The summed E-state index contributed by atoms with van der Waals surface area (Å²) >= 11 is 0. The second-order valence-corrected chi connectivity index (χ2v) is 2.57. The van der Waals surface area contributed by atoms with E-state index in [2.05, 4.69) is 9.98 Å². The summed E-state index contributed by atoms with van der Waals surface area (Å²) in [4.78, 5) is 19.1. The van der Waals surface area contributed by atoms with Crippen LogP contribution in [0.25, 0.3) is 0 Å². The molecular weight excluding hydrogens is 154 g/mol. The van der Waals surface area contributed by atoms with Gasteiger partial charge in [-0.1, -0.05) is 0 Å². The van der Waals surface area contributed by atoms with Crippen molar-refractivity contribution in [1.29, 1.82) is 0 Å². The van der Waals surface area contributed by atoms with E-state index in [1.165, 1.54) is 6.20 Å². The van der Waals surface area contributed by atoms with Crippen LogP contribution >= 0.6 is 0 Å². The maximum atomic E-state index is 11.2. The molecule has 0 amide bonds. The number of carbonyl (C=O) groups excluding carboxylic acids is 1. The van der Waals surface area contributed by atoms with E-state index in [-0.39, 0.29) is 5.78 Å². The first-order chi connectivity index (χ1) is 5.77. The van der Waals surface area contributed by atoms with Crippen LogP contribution in [0.3, 0.4) is 0 Å². The summed E-state index contributed by atoms with van der Waals surface area (Å²) in [5, 5.41) is 0. The number of ketones is 1. The molecule has 0 atom stereocenters. The second-order valence-electron chi connectivity index (χ2n) is 2.57. The maximum Gasteiger partial charge on any atom is 0.171 e. The van der Waals surface area contributed by atoms with Crippen LogP contribution in [0.15, 0.2) is 17.3 Å². The minimum absolute atomic E-state index is 0.0486. The van der Waals surface area contributed by atoms with Gasteiger partial charge in [0, 0.05) is 24.9 Å². The Labute approximate surface area is 69.1 Å². The van der Waals surface area contributed by atoms with Gasteiger partial charge >= 0.3 is 0 Å². The molecule has 0 radical (unpaired) electrons. The molecule has 60 valence electrons. The van der Waals surface area contributed by atoms with Crippen LogP contribution in [-0.4, -0.2) is 17.0 Å². The van der Waals surface area contributed by atoms with Crippen LogP contribution in [0.2, 0.25) is 0 Å². The number of hydrogen-bond donors (Lipinski definition) is 1. The van der Waals surface area contributed by atoms with Crippen LogP contribution in [0, 0.1) is 0 Å². The lowest BCUT2D eigenvalue weighted by Crippen LogP contribution is -2.05. The molecule has 1 aliphatic heterocycles. The number of hydrogen-bond acceptors (Lipinski definition) is 4. The van der Waals surface area contributed by atoms with Crippen molar-refractivity contribution in [2.45, 2.75) is 6.42 Å². The molecule has 0 unspecified atom stereocenters. The van der Waals surface area contributed by atoms with Gasteiger partial charge in [0.25, 0.3) is 0 Å². The van der Waals surface area contributed by atoms with Crippen molar-refractivity contribution >= 4 is 23.5 Å². The Morgan fingerprint density at radius 2 is 2.33 bits per heavy atom. The highest BCUT2D eigenvalue weighted by Gasteiger charge is 2.14. The van der Waals surface area contributed by atoms with Gasteiger partial charge in [0.15, 0.2) is 5.78 Å². The fourth-order valence-corrected chi connectivity index (χ4v) is 1.12. The fraction of sp³-hybridized carbons (Fsp3) is 0.125. The first-order valence-electron chi connectivity index (χ1n) is 3.58. The largest absolute Gasteiger partial charge is 0.384 e. The van der Waals surface area contributed by atoms with Gasteiger partial charge in [0.2, 0.25) is 0 Å². The zero-order valence-corrected chi connectivity index (χ0v) is 6.32. The molecule has 4 nitrogen and oxygen atoms in total. The van der Waals surface area contributed by atoms with Crippen molar-refractivity contribution in [2.24, 2.45) is 4.99 Å². The van der Waals surface area contributed by atoms with Crippen LogP contribution in [0.5, 0.6) is 0 Å². The van der Waals surface area contributed by atoms with Gasteiger partial charge < -0.3 is 5.73 Å². The Morgan fingerprint density at radius 1 is 1.50 bits per heavy atom. The highest BCUT2D eigenvalue weighted by Crippen LogP contribution is 2.24. The van der Waals surface area contributed by atoms with Crippen LogP contribution in [-0.2, 0) is 0 Å². The van der Waals surface area contributed by atoms with E-state index in [4.69, 9.17) is 5.73 Å². The normalized spacial score (nSPS) is 14.5. The fourth-order valence-electron chi connectivity index (χ4n) is 1.12. The van der Waals surface area contributed by atoms with E-state index in [1.807, 2.05) is 0 Å². The summed E-state index contributed by atoms with van der Waals surface area (Å²) in [7, 11) is 0. The number of aliphatic imine (C=N–C) groups is 1. The van der Waals surface area contributed by atoms with E-state index < -0.39 is 0 Å². The standard InChI is InChI=1S/C8H7N3O/c9-8-3-6-5(4-11-8)7(12)1-2-10-6/h2-4H,1H2,(H2,9,11). The van der Waals surface area contributed by atoms with Crippen molar-refractivity contribution in [3.63, 3.8) is 0 Å². The van der Waals surface area contributed by atoms with E-state index in [0.717, 1.165) is 0 Å². The monoisotopic (exact) mass is 161 g/mol. The number of nitrogens with zero attached hydrogens (tertiary/aromatic N) is 2. The molecule has 0 aromatic carbocycles. The Hall–Kier alpha value is -1.71. The molecule has 0 saturated carbocycles. The summed E-state index contributed by atoms with van der Waals surface area (Å²) in [6, 6.07) is 1.60. The van der Waals surface area contributed by atoms with Gasteiger partial charge in [0.05, 0.1) is 11.3 Å². The van der Waals surface area contributed by atoms with Gasteiger partial charge in [-0.05, 0) is 0 Å². The molecule has 2 N–H and O–H groups in total. The first-order valence-corrected chi connectivity index (χ1v) is 3.58. The minimum atomic E-state index is 0.0486. The Bertz CT molecular complexity index is 371. The van der Waals surface area contributed by atoms with E-state index in [0.29, 0.717) is 23.5 Å². The number of fused-ring (bicyclic) bond motifs is 1. The van der Waals surface area contributed by atoms with Gasteiger partial charge in [-0.15, -0.1) is 0 Å². The van der Waals surface area contributed by atoms with Gasteiger partial charge in [-0.3, -0.25) is 9.79 Å². The topological polar surface area (TPSA) is 68.3 Å². The number of pyridine rings is 1. The lowest BCUT2D eigenvalue weighted by molar-refractivity contribution is 0.100. The van der Waals surface area contributed by atoms with Crippen LogP contribution < -0.4 is 5.73 Å². The number of nitrogen functional groups attached to an aromatic ring is 1. The van der Waals surface area contributed by atoms with Crippen molar-refractivity contribution < 1.29 is 4.79 Å². The predicted molar refractivity (Wildman–Crippen MR) is 45.7 cm³/mol. The van der Waals surface area contributed by atoms with Gasteiger partial charge in [-0.2, -0.15) is 0 Å². The van der Waals surface area contributed by atoms with Crippen LogP contribution in [0.1, 0.15) is 16.8 Å². The molecule has 0 aliphatic carbocycles. The summed E-state index contributed by atoms with van der Waals surface area (Å²) in [5.74, 6) is 0.438. The number of aromatic nitrogens is 1. The summed E-state index contributed by atoms with van der Waals surface area (Å²) < 4.78 is 0. The molecule has 2 rings (SSSR count). The average Bonchev–Trinajstić information content (AvgIpc) is 2.04. The minimum Gasteiger partial charge on any atom is -0.384 e. The molecule has 1 aliphatic rings. The lowest BCUT2D eigenvalue weighted by atomic mass is 10.1. The summed E-state index contributed by atoms with van der Waals surface area (Å²) in [6.45, 7) is 0. The third-order valence-corrected chi connectivity index (χ3v) is 1.71. The molecule has 12 heavy (non-hydrogen) atoms. The van der Waals surface area contributed by atoms with Crippen LogP contribution in [0.4, 0.5) is 11.5 Å². The SMILES string of the molecule is Nc1cc2c(cn1)C(=O)CC=N2. The predicted octanol–water partition coefficient (Wildman–Crippen LogP) is 0.953. The number of anilines is 1. The third kappa shape index (κ3) is 0.972. The molecule has 0 fully saturated rings. The zero-order chi connectivity index (χ0) is 8.55. The zero-order valence-electron chi connectivity index (χ0n) is 6.32. The van der Waals surface area contributed by atoms with Crippen molar-refractivity contribution in [2.75, 3.05) is 5.73 Å². The van der Waals surface area contributed by atoms with Gasteiger partial charge in [0.1, 0.15) is 5.82 Å². The Balaban J connectivity index is 2.62. The first kappa shape index (κ1) is 6.97. The Kier molecular flexibility index (Phi) is 1.40. The lowest BCUT2D eigenvalue weighted by Gasteiger charge is -2.07. The van der Waals surface area contributed by atoms with Crippen molar-refractivity contribution in [3.05, 3.63) is 17.8 Å². The van der Waals surface area contributed by atoms with E-state index >= 15 is 0 Å². The molecule has 0 saturated heterocycles. The highest BCUT2D eigenvalue weighted by atomic mass is 16.1. The van der Waals surface area contributed by atoms with Crippen molar-refractivity contribution in [1.82, 2.24) is 4.98 Å². The summed E-state index contributed by atoms with van der Waals surface area (Å²) in [6.07, 6.45) is 3.42. The molecule has 2 heterocycles. The molecule has 1 aromatic heterocycles. The maximum absolute atomic E-state index is 11.2. The Morgan fingerprint density at radius 3 is 3.17 bits per heavy atom. The smallest absolute Gasteiger partial charge is 0.171 e. The average molecular weight is 161 g/mol. The molecular formula is C8H7N3O. The number of nitrogens with two attached hydrogens (primary N) is 1. The highest BCUT2D eigenvalue weighted by molar-refractivity contribution is 6.09. The quantitative estimate of drug-likeness (QED) is 0.616. The molecule has 0 bridgehead atoms. The number of Topliss-reactive ketones (excluding diaryl/α,β-unsaturated/α-hetero) is 1. The molecule has 4 heteroatoms. The molecule has 0 spiro atoms. The van der Waals surface area contributed by atoms with Crippen molar-refractivity contribution in [3.8, 4) is 0 Å². The van der Waals surface area contributed by atoms with E-state index in [9.17, 15) is 4.79 Å². The third-order valence-electron chi connectivity index (χ3n) is 1.71. The number of carbonyl (C=O) groups is 1.